The topological polar surface area (TPSA) is 29.5 Å². The number of hydrogen-bond acceptors (Lipinski definition) is 3. The zero-order chi connectivity index (χ0) is 11.0. The molecular weight excluding hydrogens is 289 g/mol. The van der Waals surface area contributed by atoms with Gasteiger partial charge in [-0.25, -0.2) is 0 Å². The van der Waals surface area contributed by atoms with E-state index in [1.807, 2.05) is 11.0 Å². The molecule has 0 bridgehead atoms. The molecule has 0 N–H and O–H groups in total. The monoisotopic (exact) mass is 301 g/mol. The summed E-state index contributed by atoms with van der Waals surface area (Å²) < 4.78 is 6.41. The fraction of sp³-hybridized carbons (Fsp3) is 0.364. The molecule has 0 aliphatic carbocycles. The summed E-state index contributed by atoms with van der Waals surface area (Å²) >= 11 is 2.20. The van der Waals surface area contributed by atoms with Crippen molar-refractivity contribution in [1.82, 2.24) is 4.90 Å². The van der Waals surface area contributed by atoms with Gasteiger partial charge in [0.15, 0.2) is 0 Å². The minimum absolute atomic E-state index is 0.00956. The molecule has 2 saturated heterocycles. The number of nitrogens with zero attached hydrogens (tertiary/aromatic N) is 1. The van der Waals surface area contributed by atoms with E-state index in [4.69, 9.17) is 4.74 Å². The van der Waals surface area contributed by atoms with Gasteiger partial charge >= 0.3 is 105 Å². The van der Waals surface area contributed by atoms with Gasteiger partial charge in [-0.15, -0.1) is 0 Å². The van der Waals surface area contributed by atoms with E-state index in [0.29, 0.717) is 19.8 Å². The van der Waals surface area contributed by atoms with Crippen molar-refractivity contribution in [2.24, 2.45) is 0 Å². The summed E-state index contributed by atoms with van der Waals surface area (Å²) in [6, 6.07) is 10.5. The Balaban J connectivity index is 1.62. The van der Waals surface area contributed by atoms with Gasteiger partial charge in [-0.2, -0.15) is 0 Å². The Kier molecular flexibility index (Phi) is 2.84. The first kappa shape index (κ1) is 10.5. The Labute approximate surface area is 105 Å². The molecule has 16 heavy (non-hydrogen) atoms. The zero-order valence-electron chi connectivity index (χ0n) is 8.54. The van der Waals surface area contributed by atoms with Gasteiger partial charge in [0.25, 0.3) is 0 Å². The van der Waals surface area contributed by atoms with E-state index < -0.39 is 0 Å². The first-order chi connectivity index (χ1) is 7.83. The first-order valence-electron chi connectivity index (χ1n) is 5.13. The molecule has 1 aromatic rings. The van der Waals surface area contributed by atoms with Crippen LogP contribution in [0.2, 0.25) is 4.82 Å². The summed E-state index contributed by atoms with van der Waals surface area (Å²) in [7, 11) is 0. The maximum atomic E-state index is 11.2. The summed E-state index contributed by atoms with van der Waals surface area (Å²) in [5.74, 6) is 1.10. The van der Waals surface area contributed by atoms with Crippen molar-refractivity contribution in [3.05, 3.63) is 30.3 Å². The third-order valence-electron chi connectivity index (χ3n) is 2.56. The number of carbonyl (C=O) groups is 1. The predicted molar refractivity (Wildman–Crippen MR) is 65.0 cm³/mol. The third kappa shape index (κ3) is 1.95. The van der Waals surface area contributed by atoms with E-state index in [-0.39, 0.29) is 11.7 Å². The van der Waals surface area contributed by atoms with Gasteiger partial charge in [0, 0.05) is 0 Å². The standard InChI is InChI=1S/C11H11NO2SSe/c13-10-12-6-9(7-15-11(12)14-10)16-8-4-2-1-3-5-8/h1-5,9,11H,6-7H2/t9?,11-/m1/s1. The second-order valence-electron chi connectivity index (χ2n) is 3.73. The second-order valence-corrected chi connectivity index (χ2v) is 7.68. The number of benzene rings is 1. The first-order valence-corrected chi connectivity index (χ1v) is 8.03. The van der Waals surface area contributed by atoms with Crippen molar-refractivity contribution in [2.75, 3.05) is 12.3 Å². The molecule has 2 aliphatic rings. The van der Waals surface area contributed by atoms with E-state index in [9.17, 15) is 4.79 Å². The fourth-order valence-electron chi connectivity index (χ4n) is 1.76. The Morgan fingerprint density at radius 2 is 2.19 bits per heavy atom. The van der Waals surface area contributed by atoms with Crippen LogP contribution in [0.1, 0.15) is 0 Å². The molecule has 0 radical (unpaired) electrons. The van der Waals surface area contributed by atoms with Crippen LogP contribution in [0.15, 0.2) is 30.3 Å². The second kappa shape index (κ2) is 4.32. The van der Waals surface area contributed by atoms with Gasteiger partial charge in [0.1, 0.15) is 0 Å². The van der Waals surface area contributed by atoms with E-state index in [1.54, 1.807) is 11.8 Å². The van der Waals surface area contributed by atoms with Crippen LogP contribution in [0, 0.1) is 0 Å². The summed E-state index contributed by atoms with van der Waals surface area (Å²) in [5.41, 5.74) is 0.00956. The number of thioether (sulfide) groups is 1. The van der Waals surface area contributed by atoms with Crippen LogP contribution >= 0.6 is 11.8 Å². The van der Waals surface area contributed by atoms with Crippen molar-refractivity contribution >= 4 is 37.3 Å². The van der Waals surface area contributed by atoms with Crippen molar-refractivity contribution in [1.29, 1.82) is 0 Å². The Morgan fingerprint density at radius 1 is 1.38 bits per heavy atom. The zero-order valence-corrected chi connectivity index (χ0v) is 11.1. The van der Waals surface area contributed by atoms with Gasteiger partial charge in [-0.3, -0.25) is 0 Å². The quantitative estimate of drug-likeness (QED) is 0.771. The SMILES string of the molecule is O=C1O[C@@H]2SCC([Se]c3ccccc3)CN12. The Bertz CT molecular complexity index is 400. The van der Waals surface area contributed by atoms with Gasteiger partial charge in [-0.05, 0) is 0 Å². The molecular formula is C11H11NO2SSe. The molecule has 3 nitrogen and oxygen atoms in total. The van der Waals surface area contributed by atoms with E-state index in [2.05, 4.69) is 24.3 Å². The molecule has 1 unspecified atom stereocenters. The predicted octanol–water partition coefficient (Wildman–Crippen LogP) is 1.29. The Morgan fingerprint density at radius 3 is 2.94 bits per heavy atom. The molecule has 2 atom stereocenters. The van der Waals surface area contributed by atoms with Gasteiger partial charge in [-0.1, -0.05) is 0 Å². The van der Waals surface area contributed by atoms with Crippen LogP contribution < -0.4 is 4.46 Å². The number of ether oxygens (including phenoxy) is 1. The molecule has 2 aliphatic heterocycles. The van der Waals surface area contributed by atoms with Crippen LogP contribution in [-0.2, 0) is 4.74 Å². The van der Waals surface area contributed by atoms with Crippen LogP contribution in [0.5, 0.6) is 0 Å². The minimum atomic E-state index is -0.147. The average Bonchev–Trinajstić information content (AvgIpc) is 2.31. The number of rotatable bonds is 2. The average molecular weight is 300 g/mol. The molecule has 2 heterocycles. The van der Waals surface area contributed by atoms with Crippen LogP contribution in [0.25, 0.3) is 0 Å². The molecule has 0 saturated carbocycles. The van der Waals surface area contributed by atoms with Crippen LogP contribution in [0.3, 0.4) is 0 Å². The number of hydrogen-bond donors (Lipinski definition) is 0. The molecule has 84 valence electrons. The van der Waals surface area contributed by atoms with Gasteiger partial charge in [0.05, 0.1) is 0 Å². The summed E-state index contributed by atoms with van der Waals surface area (Å²) in [6.45, 7) is 0.866. The summed E-state index contributed by atoms with van der Waals surface area (Å²) in [6.07, 6.45) is -0.147. The fourth-order valence-corrected chi connectivity index (χ4v) is 5.70. The van der Waals surface area contributed by atoms with Gasteiger partial charge in [0.2, 0.25) is 0 Å². The van der Waals surface area contributed by atoms with E-state index in [1.165, 1.54) is 4.46 Å². The summed E-state index contributed by atoms with van der Waals surface area (Å²) in [5, 5.41) is 0. The number of fused-ring (bicyclic) bond motifs is 1. The normalized spacial score (nSPS) is 28.0. The molecule has 3 rings (SSSR count). The molecule has 0 spiro atoms. The van der Waals surface area contributed by atoms with Crippen LogP contribution in [0.4, 0.5) is 4.79 Å². The van der Waals surface area contributed by atoms with Crippen molar-refractivity contribution < 1.29 is 9.53 Å². The third-order valence-corrected chi connectivity index (χ3v) is 6.77. The van der Waals surface area contributed by atoms with Crippen molar-refractivity contribution in [2.45, 2.75) is 10.4 Å². The van der Waals surface area contributed by atoms with Crippen LogP contribution in [-0.4, -0.2) is 43.8 Å². The molecule has 2 fully saturated rings. The van der Waals surface area contributed by atoms with Crippen molar-refractivity contribution in [3.63, 3.8) is 0 Å². The molecule has 0 aromatic heterocycles. The Hall–Kier alpha value is -0.641. The maximum absolute atomic E-state index is 11.2. The van der Waals surface area contributed by atoms with E-state index in [0.717, 1.165) is 12.3 Å². The van der Waals surface area contributed by atoms with Gasteiger partial charge < -0.3 is 0 Å². The number of amides is 1. The summed E-state index contributed by atoms with van der Waals surface area (Å²) in [4.78, 5) is 13.6. The van der Waals surface area contributed by atoms with Crippen molar-refractivity contribution in [3.8, 4) is 0 Å². The molecule has 1 amide bonds. The number of carbonyl (C=O) groups excluding carboxylic acids is 1. The molecule has 1 aromatic carbocycles. The van der Waals surface area contributed by atoms with E-state index >= 15 is 0 Å². The molecule has 5 heteroatoms.